The van der Waals surface area contributed by atoms with Crippen LogP contribution in [-0.4, -0.2) is 24.3 Å². The lowest BCUT2D eigenvalue weighted by atomic mass is 9.76. The van der Waals surface area contributed by atoms with Gasteiger partial charge in [-0.25, -0.2) is 0 Å². The lowest BCUT2D eigenvalue weighted by Crippen LogP contribution is -2.29. The molecule has 0 radical (unpaired) electrons. The molecular weight excluding hydrogens is 252 g/mol. The van der Waals surface area contributed by atoms with Gasteiger partial charge in [0.2, 0.25) is 0 Å². The van der Waals surface area contributed by atoms with E-state index in [9.17, 15) is 9.90 Å². The van der Waals surface area contributed by atoms with E-state index in [0.29, 0.717) is 25.0 Å². The van der Waals surface area contributed by atoms with E-state index >= 15 is 0 Å². The summed E-state index contributed by atoms with van der Waals surface area (Å²) in [5, 5.41) is 9.38. The van der Waals surface area contributed by atoms with Crippen molar-refractivity contribution in [2.45, 2.75) is 46.0 Å². The highest BCUT2D eigenvalue weighted by Gasteiger charge is 2.55. The van der Waals surface area contributed by atoms with Crippen LogP contribution in [0.1, 0.15) is 46.0 Å². The summed E-state index contributed by atoms with van der Waals surface area (Å²) in [5.41, 5.74) is 0. The number of carbonyl (C=O) groups excluding carboxylic acids is 1. The SMILES string of the molecule is CCC(C)C(=O)OCC1CC2CC1C1CC(CO)CC21. The Balaban J connectivity index is 1.53. The molecule has 2 bridgehead atoms. The molecule has 3 rings (SSSR count). The van der Waals surface area contributed by atoms with Crippen molar-refractivity contribution in [1.82, 2.24) is 0 Å². The number of ether oxygens (including phenoxy) is 1. The van der Waals surface area contributed by atoms with Crippen LogP contribution < -0.4 is 0 Å². The van der Waals surface area contributed by atoms with Crippen molar-refractivity contribution < 1.29 is 14.6 Å². The Morgan fingerprint density at radius 3 is 2.65 bits per heavy atom. The highest BCUT2D eigenvalue weighted by molar-refractivity contribution is 5.71. The van der Waals surface area contributed by atoms with Gasteiger partial charge in [-0.15, -0.1) is 0 Å². The van der Waals surface area contributed by atoms with Crippen LogP contribution >= 0.6 is 0 Å². The van der Waals surface area contributed by atoms with Crippen LogP contribution in [0, 0.1) is 41.4 Å². The molecule has 3 aliphatic rings. The second-order valence-electron chi connectivity index (χ2n) is 7.44. The predicted molar refractivity (Wildman–Crippen MR) is 76.9 cm³/mol. The molecule has 0 aromatic rings. The summed E-state index contributed by atoms with van der Waals surface area (Å²) >= 11 is 0. The minimum Gasteiger partial charge on any atom is -0.465 e. The number of rotatable bonds is 5. The summed E-state index contributed by atoms with van der Waals surface area (Å²) in [6, 6.07) is 0. The first kappa shape index (κ1) is 14.4. The van der Waals surface area contributed by atoms with Gasteiger partial charge in [-0.1, -0.05) is 13.8 Å². The number of aliphatic hydroxyl groups is 1. The molecule has 0 saturated heterocycles. The second-order valence-corrected chi connectivity index (χ2v) is 7.44. The van der Waals surface area contributed by atoms with Gasteiger partial charge >= 0.3 is 5.97 Å². The van der Waals surface area contributed by atoms with E-state index in [1.807, 2.05) is 13.8 Å². The molecular formula is C17H28O3. The molecule has 3 aliphatic carbocycles. The number of esters is 1. The molecule has 114 valence electrons. The van der Waals surface area contributed by atoms with E-state index in [1.54, 1.807) is 0 Å². The largest absolute Gasteiger partial charge is 0.465 e. The van der Waals surface area contributed by atoms with Crippen LogP contribution in [-0.2, 0) is 9.53 Å². The maximum atomic E-state index is 11.8. The molecule has 3 nitrogen and oxygen atoms in total. The maximum Gasteiger partial charge on any atom is 0.308 e. The van der Waals surface area contributed by atoms with E-state index in [4.69, 9.17) is 4.74 Å². The van der Waals surface area contributed by atoms with Crippen LogP contribution in [0.25, 0.3) is 0 Å². The number of hydrogen-bond acceptors (Lipinski definition) is 3. The van der Waals surface area contributed by atoms with Crippen molar-refractivity contribution in [3.05, 3.63) is 0 Å². The summed E-state index contributed by atoms with van der Waals surface area (Å²) in [6.45, 7) is 4.97. The first-order valence-electron chi connectivity index (χ1n) is 8.41. The second kappa shape index (κ2) is 5.67. The molecule has 3 heteroatoms. The third-order valence-electron chi connectivity index (χ3n) is 6.41. The number of hydrogen-bond donors (Lipinski definition) is 1. The quantitative estimate of drug-likeness (QED) is 0.788. The van der Waals surface area contributed by atoms with Gasteiger partial charge in [0.15, 0.2) is 0 Å². The maximum absolute atomic E-state index is 11.8. The topological polar surface area (TPSA) is 46.5 Å². The zero-order valence-electron chi connectivity index (χ0n) is 12.8. The molecule has 3 saturated carbocycles. The van der Waals surface area contributed by atoms with Crippen molar-refractivity contribution in [1.29, 1.82) is 0 Å². The average Bonchev–Trinajstić information content (AvgIpc) is 3.13. The minimum atomic E-state index is -0.0218. The van der Waals surface area contributed by atoms with Gasteiger partial charge < -0.3 is 9.84 Å². The van der Waals surface area contributed by atoms with Crippen LogP contribution in [0.3, 0.4) is 0 Å². The van der Waals surface area contributed by atoms with E-state index < -0.39 is 0 Å². The molecule has 1 N–H and O–H groups in total. The fourth-order valence-electron chi connectivity index (χ4n) is 5.16. The smallest absolute Gasteiger partial charge is 0.308 e. The standard InChI is InChI=1S/C17H28O3/c1-3-10(2)17(19)20-9-13-6-12-7-15(13)16-5-11(8-18)4-14(12)16/h10-16,18H,3-9H2,1-2H3. The Morgan fingerprint density at radius 1 is 1.20 bits per heavy atom. The highest BCUT2D eigenvalue weighted by Crippen LogP contribution is 2.62. The predicted octanol–water partition coefficient (Wildman–Crippen LogP) is 2.87. The number of fused-ring (bicyclic) bond motifs is 5. The summed E-state index contributed by atoms with van der Waals surface area (Å²) in [5.74, 6) is 4.40. The highest BCUT2D eigenvalue weighted by atomic mass is 16.5. The normalized spacial score (nSPS) is 43.5. The lowest BCUT2D eigenvalue weighted by Gasteiger charge is -2.31. The average molecular weight is 280 g/mol. The van der Waals surface area contributed by atoms with Gasteiger partial charge in [-0.05, 0) is 67.6 Å². The number of aliphatic hydroxyl groups excluding tert-OH is 1. The molecule has 0 aliphatic heterocycles. The van der Waals surface area contributed by atoms with Crippen LogP contribution in [0.4, 0.5) is 0 Å². The summed E-state index contributed by atoms with van der Waals surface area (Å²) in [6.07, 6.45) is 5.90. The summed E-state index contributed by atoms with van der Waals surface area (Å²) in [7, 11) is 0. The Bertz CT molecular complexity index is 367. The molecule has 0 spiro atoms. The lowest BCUT2D eigenvalue weighted by molar-refractivity contribution is -0.150. The van der Waals surface area contributed by atoms with E-state index in [0.717, 1.165) is 30.1 Å². The first-order valence-corrected chi connectivity index (χ1v) is 8.41. The van der Waals surface area contributed by atoms with Gasteiger partial charge in [-0.2, -0.15) is 0 Å². The summed E-state index contributed by atoms with van der Waals surface area (Å²) < 4.78 is 5.54. The number of carbonyl (C=O) groups is 1. The third-order valence-corrected chi connectivity index (χ3v) is 6.41. The van der Waals surface area contributed by atoms with Crippen molar-refractivity contribution in [2.75, 3.05) is 13.2 Å². The van der Waals surface area contributed by atoms with E-state index in [2.05, 4.69) is 0 Å². The van der Waals surface area contributed by atoms with Gasteiger partial charge in [0.1, 0.15) is 0 Å². The zero-order valence-corrected chi connectivity index (χ0v) is 12.8. The first-order chi connectivity index (χ1) is 9.63. The van der Waals surface area contributed by atoms with E-state index in [1.165, 1.54) is 25.7 Å². The zero-order chi connectivity index (χ0) is 14.3. The molecule has 0 aromatic heterocycles. The van der Waals surface area contributed by atoms with Gasteiger partial charge in [-0.3, -0.25) is 4.79 Å². The third kappa shape index (κ3) is 2.38. The molecule has 3 fully saturated rings. The molecule has 0 aromatic carbocycles. The Kier molecular flexibility index (Phi) is 4.07. The van der Waals surface area contributed by atoms with Gasteiger partial charge in [0.25, 0.3) is 0 Å². The molecule has 0 heterocycles. The van der Waals surface area contributed by atoms with Crippen molar-refractivity contribution in [3.8, 4) is 0 Å². The minimum absolute atomic E-state index is 0.0218. The molecule has 7 unspecified atom stereocenters. The molecule has 20 heavy (non-hydrogen) atoms. The Hall–Kier alpha value is -0.570. The molecule has 0 amide bonds. The molecule has 7 atom stereocenters. The van der Waals surface area contributed by atoms with Crippen LogP contribution in [0.2, 0.25) is 0 Å². The Morgan fingerprint density at radius 2 is 1.95 bits per heavy atom. The Labute approximate surface area is 122 Å². The van der Waals surface area contributed by atoms with Crippen LogP contribution in [0.5, 0.6) is 0 Å². The van der Waals surface area contributed by atoms with Crippen molar-refractivity contribution in [3.63, 3.8) is 0 Å². The van der Waals surface area contributed by atoms with Gasteiger partial charge in [0, 0.05) is 6.61 Å². The van der Waals surface area contributed by atoms with E-state index in [-0.39, 0.29) is 11.9 Å². The van der Waals surface area contributed by atoms with Gasteiger partial charge in [0.05, 0.1) is 12.5 Å². The van der Waals surface area contributed by atoms with Crippen molar-refractivity contribution in [2.24, 2.45) is 41.4 Å². The monoisotopic (exact) mass is 280 g/mol. The summed E-state index contributed by atoms with van der Waals surface area (Å²) in [4.78, 5) is 11.8. The fraction of sp³-hybridized carbons (Fsp3) is 0.941. The van der Waals surface area contributed by atoms with Crippen molar-refractivity contribution >= 4 is 5.97 Å². The van der Waals surface area contributed by atoms with Crippen LogP contribution in [0.15, 0.2) is 0 Å². The fourth-order valence-corrected chi connectivity index (χ4v) is 5.16.